The second kappa shape index (κ2) is 7.32. The van der Waals surface area contributed by atoms with Crippen molar-refractivity contribution in [2.24, 2.45) is 7.05 Å². The van der Waals surface area contributed by atoms with Gasteiger partial charge in [-0.25, -0.2) is 35.7 Å². The van der Waals surface area contributed by atoms with E-state index >= 15 is 0 Å². The summed E-state index contributed by atoms with van der Waals surface area (Å²) in [5.41, 5.74) is -1.07. The first kappa shape index (κ1) is 20.5. The molecule has 1 aromatic heterocycles. The lowest BCUT2D eigenvalue weighted by Gasteiger charge is -2.09. The van der Waals surface area contributed by atoms with Crippen LogP contribution >= 0.6 is 0 Å². The fraction of sp³-hybridized carbons (Fsp3) is 0.111. The number of hydrogen-bond acceptors (Lipinski definition) is 4. The predicted octanol–water partition coefficient (Wildman–Crippen LogP) is 3.07. The predicted molar refractivity (Wildman–Crippen MR) is 94.3 cm³/mol. The highest BCUT2D eigenvalue weighted by molar-refractivity contribution is 7.90. The van der Waals surface area contributed by atoms with Gasteiger partial charge in [-0.1, -0.05) is 6.07 Å². The van der Waals surface area contributed by atoms with Gasteiger partial charge in [-0.15, -0.1) is 0 Å². The summed E-state index contributed by atoms with van der Waals surface area (Å²) < 4.78 is 82.2. The fourth-order valence-electron chi connectivity index (χ4n) is 2.67. The summed E-state index contributed by atoms with van der Waals surface area (Å²) >= 11 is 0. The van der Waals surface area contributed by atoms with Crippen molar-refractivity contribution in [2.45, 2.75) is 11.8 Å². The SMILES string of the molecule is Cc1cc(F)c(F)cc1S(=O)(=O)NC(=O)c1cn(C)c(-c2c(F)cccc2F)n1. The van der Waals surface area contributed by atoms with Crippen LogP contribution in [0.15, 0.2) is 41.4 Å². The van der Waals surface area contributed by atoms with E-state index in [2.05, 4.69) is 4.98 Å². The number of aryl methyl sites for hydroxylation is 2. The van der Waals surface area contributed by atoms with E-state index in [1.54, 1.807) is 4.72 Å². The Morgan fingerprint density at radius 2 is 1.62 bits per heavy atom. The Bertz CT molecular complexity index is 1220. The van der Waals surface area contributed by atoms with E-state index in [0.29, 0.717) is 12.1 Å². The molecule has 0 aliphatic heterocycles. The zero-order valence-corrected chi connectivity index (χ0v) is 15.8. The maximum Gasteiger partial charge on any atom is 0.285 e. The number of halogens is 4. The molecule has 11 heteroatoms. The normalized spacial score (nSPS) is 11.5. The van der Waals surface area contributed by atoms with Crippen molar-refractivity contribution in [3.63, 3.8) is 0 Å². The van der Waals surface area contributed by atoms with Crippen LogP contribution in [0.5, 0.6) is 0 Å². The number of sulfonamides is 1. The molecule has 1 heterocycles. The molecule has 3 aromatic rings. The van der Waals surface area contributed by atoms with Crippen molar-refractivity contribution in [1.29, 1.82) is 0 Å². The second-order valence-electron chi connectivity index (χ2n) is 6.12. The Morgan fingerprint density at radius 1 is 1.03 bits per heavy atom. The summed E-state index contributed by atoms with van der Waals surface area (Å²) in [4.78, 5) is 15.5. The molecule has 6 nitrogen and oxygen atoms in total. The molecule has 0 unspecified atom stereocenters. The number of nitrogens with one attached hydrogen (secondary N) is 1. The molecule has 0 fully saturated rings. The van der Waals surface area contributed by atoms with E-state index in [1.807, 2.05) is 0 Å². The van der Waals surface area contributed by atoms with Gasteiger partial charge in [-0.2, -0.15) is 0 Å². The van der Waals surface area contributed by atoms with E-state index in [9.17, 15) is 30.8 Å². The molecular weight excluding hydrogens is 414 g/mol. The first-order valence-corrected chi connectivity index (χ1v) is 9.50. The van der Waals surface area contributed by atoms with Gasteiger partial charge in [0.1, 0.15) is 23.2 Å². The second-order valence-corrected chi connectivity index (χ2v) is 7.77. The van der Waals surface area contributed by atoms with Gasteiger partial charge in [-0.3, -0.25) is 4.79 Å². The Kier molecular flexibility index (Phi) is 5.18. The van der Waals surface area contributed by atoms with Gasteiger partial charge in [0.05, 0.1) is 10.5 Å². The van der Waals surface area contributed by atoms with Gasteiger partial charge < -0.3 is 4.57 Å². The minimum absolute atomic E-state index is 0.126. The average Bonchev–Trinajstić information content (AvgIpc) is 2.99. The van der Waals surface area contributed by atoms with Gasteiger partial charge in [0, 0.05) is 13.2 Å². The summed E-state index contributed by atoms with van der Waals surface area (Å²) in [6.07, 6.45) is 1.07. The number of hydrogen-bond donors (Lipinski definition) is 1. The lowest BCUT2D eigenvalue weighted by molar-refractivity contribution is 0.0977. The molecule has 1 N–H and O–H groups in total. The first-order valence-electron chi connectivity index (χ1n) is 8.02. The highest BCUT2D eigenvalue weighted by Gasteiger charge is 2.25. The number of benzene rings is 2. The maximum atomic E-state index is 14.0. The molecule has 0 atom stereocenters. The molecular formula is C18H13F4N3O3S. The average molecular weight is 427 g/mol. The van der Waals surface area contributed by atoms with Gasteiger partial charge in [-0.05, 0) is 36.8 Å². The molecule has 0 saturated carbocycles. The quantitative estimate of drug-likeness (QED) is 0.649. The maximum absolute atomic E-state index is 14.0. The van der Waals surface area contributed by atoms with Crippen LogP contribution in [0.25, 0.3) is 11.4 Å². The summed E-state index contributed by atoms with van der Waals surface area (Å²) in [5, 5.41) is 0. The summed E-state index contributed by atoms with van der Waals surface area (Å²) in [6, 6.07) is 4.28. The molecule has 0 radical (unpaired) electrons. The zero-order valence-electron chi connectivity index (χ0n) is 15.0. The third-order valence-corrected chi connectivity index (χ3v) is 5.50. The van der Waals surface area contributed by atoms with Crippen molar-refractivity contribution < 1.29 is 30.8 Å². The molecule has 0 spiro atoms. The Hall–Kier alpha value is -3.21. The van der Waals surface area contributed by atoms with Crippen LogP contribution < -0.4 is 4.72 Å². The first-order chi connectivity index (χ1) is 13.5. The number of carbonyl (C=O) groups is 1. The molecule has 0 bridgehead atoms. The molecule has 1 amide bonds. The van der Waals surface area contributed by atoms with Crippen LogP contribution in [0.4, 0.5) is 17.6 Å². The van der Waals surface area contributed by atoms with Crippen LogP contribution in [0.2, 0.25) is 0 Å². The minimum atomic E-state index is -4.57. The third-order valence-electron chi connectivity index (χ3n) is 4.03. The van der Waals surface area contributed by atoms with Gasteiger partial charge in [0.15, 0.2) is 11.6 Å². The Balaban J connectivity index is 1.96. The molecule has 29 heavy (non-hydrogen) atoms. The number of imidazole rings is 1. The van der Waals surface area contributed by atoms with Crippen molar-refractivity contribution in [3.8, 4) is 11.4 Å². The van der Waals surface area contributed by atoms with Gasteiger partial charge >= 0.3 is 0 Å². The number of carbonyl (C=O) groups excluding carboxylic acids is 1. The molecule has 0 saturated heterocycles. The van der Waals surface area contributed by atoms with Gasteiger partial charge in [0.25, 0.3) is 15.9 Å². The molecule has 2 aromatic carbocycles. The van der Waals surface area contributed by atoms with Crippen LogP contribution in [0, 0.1) is 30.2 Å². The monoisotopic (exact) mass is 427 g/mol. The third kappa shape index (κ3) is 3.86. The van der Waals surface area contributed by atoms with E-state index in [0.717, 1.165) is 29.0 Å². The van der Waals surface area contributed by atoms with Crippen LogP contribution in [-0.2, 0) is 17.1 Å². The molecule has 0 aliphatic rings. The van der Waals surface area contributed by atoms with Crippen LogP contribution in [-0.4, -0.2) is 23.9 Å². The highest BCUT2D eigenvalue weighted by atomic mass is 32.2. The largest absolute Gasteiger partial charge is 0.333 e. The van der Waals surface area contributed by atoms with Gasteiger partial charge in [0.2, 0.25) is 0 Å². The van der Waals surface area contributed by atoms with Crippen LogP contribution in [0.1, 0.15) is 16.1 Å². The van der Waals surface area contributed by atoms with E-state index < -0.39 is 55.4 Å². The molecule has 152 valence electrons. The zero-order chi connectivity index (χ0) is 21.5. The minimum Gasteiger partial charge on any atom is -0.333 e. The Labute approximate surface area is 162 Å². The summed E-state index contributed by atoms with van der Waals surface area (Å²) in [6.45, 7) is 1.22. The number of aromatic nitrogens is 2. The number of rotatable bonds is 4. The van der Waals surface area contributed by atoms with Crippen molar-refractivity contribution >= 4 is 15.9 Å². The number of nitrogens with zero attached hydrogens (tertiary/aromatic N) is 2. The van der Waals surface area contributed by atoms with Crippen LogP contribution in [0.3, 0.4) is 0 Å². The van der Waals surface area contributed by atoms with E-state index in [1.165, 1.54) is 14.0 Å². The lowest BCUT2D eigenvalue weighted by atomic mass is 10.2. The van der Waals surface area contributed by atoms with Crippen molar-refractivity contribution in [1.82, 2.24) is 14.3 Å². The van der Waals surface area contributed by atoms with Crippen molar-refractivity contribution in [2.75, 3.05) is 0 Å². The topological polar surface area (TPSA) is 81.1 Å². The molecule has 0 aliphatic carbocycles. The lowest BCUT2D eigenvalue weighted by Crippen LogP contribution is -2.31. The fourth-order valence-corrected chi connectivity index (χ4v) is 3.87. The molecule has 3 rings (SSSR count). The summed E-state index contributed by atoms with van der Waals surface area (Å²) in [5.74, 6) is -5.95. The number of amides is 1. The Morgan fingerprint density at radius 3 is 2.24 bits per heavy atom. The van der Waals surface area contributed by atoms with E-state index in [-0.39, 0.29) is 11.4 Å². The highest BCUT2D eigenvalue weighted by Crippen LogP contribution is 2.25. The van der Waals surface area contributed by atoms with Crippen molar-refractivity contribution in [3.05, 3.63) is 71.1 Å². The van der Waals surface area contributed by atoms with E-state index in [4.69, 9.17) is 0 Å². The summed E-state index contributed by atoms with van der Waals surface area (Å²) in [7, 11) is -3.21. The smallest absolute Gasteiger partial charge is 0.285 e. The standard InChI is InChI=1S/C18H13F4N3O3S/c1-9-6-12(21)13(22)7-15(9)29(27,28)24-18(26)14-8-25(2)17(23-14)16-10(19)4-3-5-11(16)20/h3-8H,1-2H3,(H,24,26).